The molecule has 0 saturated heterocycles. The maximum atomic E-state index is 12.9. The van der Waals surface area contributed by atoms with Crippen molar-refractivity contribution in [2.75, 3.05) is 0 Å². The van der Waals surface area contributed by atoms with Crippen molar-refractivity contribution in [3.05, 3.63) is 35.5 Å². The van der Waals surface area contributed by atoms with Gasteiger partial charge in [0.25, 0.3) is 11.7 Å². The largest absolute Gasteiger partial charge is 0.453 e. The molecular formula is C15H17F3N4O3. The van der Waals surface area contributed by atoms with Crippen LogP contribution in [0.2, 0.25) is 0 Å². The Labute approximate surface area is 140 Å². The van der Waals surface area contributed by atoms with Crippen molar-refractivity contribution < 1.29 is 27.6 Å². The molecule has 136 valence electrons. The fraction of sp³-hybridized carbons (Fsp3) is 0.533. The summed E-state index contributed by atoms with van der Waals surface area (Å²) in [5.74, 6) is -2.32. The Balaban J connectivity index is 1.68. The predicted molar refractivity (Wildman–Crippen MR) is 78.5 cm³/mol. The van der Waals surface area contributed by atoms with Crippen LogP contribution in [0, 0.1) is 12.8 Å². The zero-order valence-electron chi connectivity index (χ0n) is 13.3. The molecular weight excluding hydrogens is 341 g/mol. The van der Waals surface area contributed by atoms with E-state index in [1.54, 1.807) is 23.1 Å². The van der Waals surface area contributed by atoms with Gasteiger partial charge in [-0.25, -0.2) is 0 Å². The summed E-state index contributed by atoms with van der Waals surface area (Å²) in [4.78, 5) is 12.3. The zero-order valence-corrected chi connectivity index (χ0v) is 13.3. The number of hydrogen-bond donors (Lipinski definition) is 2. The molecule has 0 spiro atoms. The number of aliphatic hydroxyl groups is 1. The number of carbonyl (C=O) groups excluding carboxylic acids is 1. The molecule has 2 heterocycles. The number of nitrogens with zero attached hydrogens (tertiary/aromatic N) is 3. The number of aromatic nitrogens is 3. The molecule has 10 heteroatoms. The molecule has 2 aromatic rings. The smallest absolute Gasteiger partial charge is 0.391 e. The third-order valence-electron chi connectivity index (χ3n) is 4.29. The van der Waals surface area contributed by atoms with E-state index in [0.29, 0.717) is 19.4 Å². The fourth-order valence-electron chi connectivity index (χ4n) is 3.17. The molecule has 1 unspecified atom stereocenters. The number of amides is 1. The summed E-state index contributed by atoms with van der Waals surface area (Å²) in [6.45, 7) is 1.83. The normalized spacial score (nSPS) is 23.8. The molecule has 3 rings (SSSR count). The highest BCUT2D eigenvalue weighted by Gasteiger charge is 2.43. The highest BCUT2D eigenvalue weighted by Crippen LogP contribution is 2.34. The number of hydrogen-bond acceptors (Lipinski definition) is 5. The average Bonchev–Trinajstić information content (AvgIpc) is 3.21. The minimum Gasteiger partial charge on any atom is -0.391 e. The lowest BCUT2D eigenvalue weighted by Crippen LogP contribution is -2.40. The van der Waals surface area contributed by atoms with Crippen molar-refractivity contribution in [3.8, 4) is 0 Å². The standard InChI is InChI=1S/C15H17F3N4O3/c1-8-12(13(25-21-8)15(16,17)18)14(24)20-10-5-9(6-11(10)23)7-22-4-2-3-19-22/h2-4,9-11,23H,5-7H2,1H3,(H,20,24)/t9?,10-,11-/m1/s1. The van der Waals surface area contributed by atoms with Gasteiger partial charge in [0.2, 0.25) is 0 Å². The summed E-state index contributed by atoms with van der Waals surface area (Å²) in [6.07, 6.45) is -1.35. The summed E-state index contributed by atoms with van der Waals surface area (Å²) < 4.78 is 44.7. The summed E-state index contributed by atoms with van der Waals surface area (Å²) in [5, 5.41) is 19.9. The topological polar surface area (TPSA) is 93.2 Å². The first kappa shape index (κ1) is 17.5. The molecule has 3 atom stereocenters. The first-order chi connectivity index (χ1) is 11.8. The van der Waals surface area contributed by atoms with Gasteiger partial charge in [0, 0.05) is 18.9 Å². The van der Waals surface area contributed by atoms with E-state index in [0.717, 1.165) is 0 Å². The lowest BCUT2D eigenvalue weighted by molar-refractivity contribution is -0.155. The lowest BCUT2D eigenvalue weighted by atomic mass is 10.1. The summed E-state index contributed by atoms with van der Waals surface area (Å²) in [6, 6.07) is 1.14. The van der Waals surface area contributed by atoms with Crippen molar-refractivity contribution in [3.63, 3.8) is 0 Å². The molecule has 1 aliphatic carbocycles. The second-order valence-corrected chi connectivity index (χ2v) is 6.18. The lowest BCUT2D eigenvalue weighted by Gasteiger charge is -2.16. The van der Waals surface area contributed by atoms with Gasteiger partial charge < -0.3 is 14.9 Å². The molecule has 1 saturated carbocycles. The van der Waals surface area contributed by atoms with Crippen molar-refractivity contribution >= 4 is 5.91 Å². The van der Waals surface area contributed by atoms with Crippen LogP contribution in [0.3, 0.4) is 0 Å². The van der Waals surface area contributed by atoms with E-state index in [4.69, 9.17) is 0 Å². The molecule has 1 amide bonds. The van der Waals surface area contributed by atoms with Crippen LogP contribution in [0.15, 0.2) is 23.0 Å². The van der Waals surface area contributed by atoms with E-state index < -0.39 is 35.6 Å². The number of aryl methyl sites for hydroxylation is 1. The van der Waals surface area contributed by atoms with Crippen LogP contribution < -0.4 is 5.32 Å². The third-order valence-corrected chi connectivity index (χ3v) is 4.29. The third kappa shape index (κ3) is 3.68. The molecule has 0 aromatic carbocycles. The molecule has 1 aliphatic rings. The molecule has 25 heavy (non-hydrogen) atoms. The second kappa shape index (κ2) is 6.51. The van der Waals surface area contributed by atoms with Gasteiger partial charge in [-0.05, 0) is 31.7 Å². The first-order valence-corrected chi connectivity index (χ1v) is 7.75. The monoisotopic (exact) mass is 358 g/mol. The van der Waals surface area contributed by atoms with Crippen molar-refractivity contribution in [2.45, 2.75) is 44.6 Å². The molecule has 7 nitrogen and oxygen atoms in total. The van der Waals surface area contributed by atoms with Gasteiger partial charge in [-0.2, -0.15) is 18.3 Å². The summed E-state index contributed by atoms with van der Waals surface area (Å²) >= 11 is 0. The second-order valence-electron chi connectivity index (χ2n) is 6.18. The molecule has 2 aromatic heterocycles. The Morgan fingerprint density at radius 2 is 2.24 bits per heavy atom. The minimum atomic E-state index is -4.81. The molecule has 2 N–H and O–H groups in total. The van der Waals surface area contributed by atoms with Crippen molar-refractivity contribution in [1.29, 1.82) is 0 Å². The van der Waals surface area contributed by atoms with Crippen LogP contribution in [0.1, 0.15) is 34.7 Å². The molecule has 0 aliphatic heterocycles. The Morgan fingerprint density at radius 3 is 2.88 bits per heavy atom. The van der Waals surface area contributed by atoms with E-state index >= 15 is 0 Å². The van der Waals surface area contributed by atoms with Crippen LogP contribution in [0.25, 0.3) is 0 Å². The number of halogens is 3. The number of nitrogens with one attached hydrogen (secondary N) is 1. The summed E-state index contributed by atoms with van der Waals surface area (Å²) in [7, 11) is 0. The van der Waals surface area contributed by atoms with Crippen LogP contribution in [-0.4, -0.2) is 38.1 Å². The molecule has 0 bridgehead atoms. The maximum Gasteiger partial charge on any atom is 0.453 e. The molecule has 1 fully saturated rings. The predicted octanol–water partition coefficient (Wildman–Crippen LogP) is 1.77. The van der Waals surface area contributed by atoms with Crippen LogP contribution in [0.5, 0.6) is 0 Å². The number of rotatable bonds is 4. The van der Waals surface area contributed by atoms with E-state index in [1.807, 2.05) is 0 Å². The highest BCUT2D eigenvalue weighted by atomic mass is 19.4. The Hall–Kier alpha value is -2.36. The van der Waals surface area contributed by atoms with E-state index in [9.17, 15) is 23.1 Å². The van der Waals surface area contributed by atoms with E-state index in [1.165, 1.54) is 6.92 Å². The maximum absolute atomic E-state index is 12.9. The fourth-order valence-corrected chi connectivity index (χ4v) is 3.17. The zero-order chi connectivity index (χ0) is 18.2. The summed E-state index contributed by atoms with van der Waals surface area (Å²) in [5.41, 5.74) is -0.791. The van der Waals surface area contributed by atoms with Gasteiger partial charge in [-0.3, -0.25) is 9.48 Å². The number of alkyl halides is 3. The van der Waals surface area contributed by atoms with Gasteiger partial charge in [0.05, 0.1) is 17.8 Å². The van der Waals surface area contributed by atoms with Crippen molar-refractivity contribution in [1.82, 2.24) is 20.3 Å². The number of carbonyl (C=O) groups is 1. The number of aliphatic hydroxyl groups excluding tert-OH is 1. The Kier molecular flexibility index (Phi) is 4.55. The van der Waals surface area contributed by atoms with Crippen LogP contribution >= 0.6 is 0 Å². The van der Waals surface area contributed by atoms with Crippen LogP contribution in [0.4, 0.5) is 13.2 Å². The average molecular weight is 358 g/mol. The quantitative estimate of drug-likeness (QED) is 0.869. The van der Waals surface area contributed by atoms with Crippen molar-refractivity contribution in [2.24, 2.45) is 5.92 Å². The van der Waals surface area contributed by atoms with Gasteiger partial charge in [-0.15, -0.1) is 0 Å². The minimum absolute atomic E-state index is 0.0610. The Morgan fingerprint density at radius 1 is 1.48 bits per heavy atom. The van der Waals surface area contributed by atoms with E-state index in [2.05, 4.69) is 20.1 Å². The highest BCUT2D eigenvalue weighted by molar-refractivity contribution is 5.96. The van der Waals surface area contributed by atoms with Gasteiger partial charge >= 0.3 is 6.18 Å². The van der Waals surface area contributed by atoms with Crippen LogP contribution in [-0.2, 0) is 12.7 Å². The SMILES string of the molecule is Cc1noc(C(F)(F)F)c1C(=O)N[C@@H]1CC(Cn2cccn2)C[C@H]1O. The molecule has 0 radical (unpaired) electrons. The Bertz CT molecular complexity index is 742. The van der Waals surface area contributed by atoms with Gasteiger partial charge in [0.1, 0.15) is 5.56 Å². The van der Waals surface area contributed by atoms with E-state index in [-0.39, 0.29) is 11.6 Å². The first-order valence-electron chi connectivity index (χ1n) is 7.75. The van der Waals surface area contributed by atoms with Gasteiger partial charge in [-0.1, -0.05) is 5.16 Å². The van der Waals surface area contributed by atoms with Gasteiger partial charge in [0.15, 0.2) is 0 Å².